The van der Waals surface area contributed by atoms with E-state index in [1.54, 1.807) is 0 Å². The molecule has 0 aromatic heterocycles. The number of nitrogens with zero attached hydrogens (tertiary/aromatic N) is 1. The van der Waals surface area contributed by atoms with Gasteiger partial charge in [-0.15, -0.1) is 0 Å². The minimum absolute atomic E-state index is 0.204. The van der Waals surface area contributed by atoms with Gasteiger partial charge in [-0.05, 0) is 48.5 Å². The van der Waals surface area contributed by atoms with Crippen molar-refractivity contribution in [3.63, 3.8) is 0 Å². The van der Waals surface area contributed by atoms with E-state index in [0.29, 0.717) is 12.5 Å². The summed E-state index contributed by atoms with van der Waals surface area (Å²) in [6.45, 7) is 5.39. The van der Waals surface area contributed by atoms with E-state index >= 15 is 0 Å². The predicted octanol–water partition coefficient (Wildman–Crippen LogP) is 3.57. The Labute approximate surface area is 126 Å². The van der Waals surface area contributed by atoms with Gasteiger partial charge in [0.2, 0.25) is 0 Å². The highest BCUT2D eigenvalue weighted by atomic mass is 16.5. The van der Waals surface area contributed by atoms with Crippen molar-refractivity contribution in [3.05, 3.63) is 47.5 Å². The third-order valence-corrected chi connectivity index (χ3v) is 4.15. The maximum atomic E-state index is 11.4. The van der Waals surface area contributed by atoms with Crippen LogP contribution in [0.3, 0.4) is 0 Å². The van der Waals surface area contributed by atoms with Crippen molar-refractivity contribution in [2.24, 2.45) is 0 Å². The predicted molar refractivity (Wildman–Crippen MR) is 86.4 cm³/mol. The maximum Gasteiger partial charge on any atom is 0.309 e. The van der Waals surface area contributed by atoms with Crippen LogP contribution in [0, 0.1) is 0 Å². The summed E-state index contributed by atoms with van der Waals surface area (Å²) >= 11 is 0. The second-order valence-electron chi connectivity index (χ2n) is 5.44. The van der Waals surface area contributed by atoms with Gasteiger partial charge in [0.25, 0.3) is 0 Å². The number of fused-ring (bicyclic) bond motifs is 1. The summed E-state index contributed by atoms with van der Waals surface area (Å²) in [6, 6.07) is 13.0. The number of methoxy groups -OCH3 is 1. The number of carbonyl (C=O) groups excluding carboxylic acids is 1. The molecule has 1 atom stereocenters. The van der Waals surface area contributed by atoms with Crippen molar-refractivity contribution < 1.29 is 9.53 Å². The molecule has 2 aromatic carbocycles. The van der Waals surface area contributed by atoms with Gasteiger partial charge in [0.1, 0.15) is 0 Å². The Morgan fingerprint density at radius 1 is 1.19 bits per heavy atom. The monoisotopic (exact) mass is 285 g/mol. The maximum absolute atomic E-state index is 11.4. The molecule has 2 rings (SSSR count). The lowest BCUT2D eigenvalue weighted by atomic mass is 9.99. The summed E-state index contributed by atoms with van der Waals surface area (Å²) < 4.78 is 4.73. The first-order chi connectivity index (χ1) is 10.0. The number of esters is 1. The number of rotatable bonds is 5. The normalized spacial score (nSPS) is 12.6. The first-order valence-corrected chi connectivity index (χ1v) is 7.34. The molecule has 2 aromatic rings. The van der Waals surface area contributed by atoms with Gasteiger partial charge in [0.15, 0.2) is 0 Å². The van der Waals surface area contributed by atoms with Gasteiger partial charge in [-0.1, -0.05) is 37.3 Å². The molecule has 0 radical (unpaired) electrons. The Morgan fingerprint density at radius 2 is 1.90 bits per heavy atom. The molecule has 0 N–H and O–H groups in total. The average molecular weight is 285 g/mol. The van der Waals surface area contributed by atoms with Gasteiger partial charge in [-0.25, -0.2) is 0 Å². The first kappa shape index (κ1) is 15.5. The van der Waals surface area contributed by atoms with Crippen LogP contribution >= 0.6 is 0 Å². The highest BCUT2D eigenvalue weighted by Crippen LogP contribution is 2.24. The number of hydrogen-bond donors (Lipinski definition) is 0. The summed E-state index contributed by atoms with van der Waals surface area (Å²) in [6.07, 6.45) is 0.321. The minimum Gasteiger partial charge on any atom is -0.469 e. The number of ether oxygens (including phenoxy) is 1. The van der Waals surface area contributed by atoms with E-state index in [-0.39, 0.29) is 5.97 Å². The summed E-state index contributed by atoms with van der Waals surface area (Å²) in [4.78, 5) is 13.7. The molecule has 3 nitrogen and oxygen atoms in total. The molecule has 0 fully saturated rings. The molecule has 0 bridgehead atoms. The summed E-state index contributed by atoms with van der Waals surface area (Å²) in [5.74, 6) is -0.204. The van der Waals surface area contributed by atoms with Gasteiger partial charge >= 0.3 is 5.97 Å². The molecule has 112 valence electrons. The standard InChI is InChI=1S/C18H23NO2/c1-5-19(3)13(2)16-9-8-15-7-6-14(10-17(15)12-16)11-18(20)21-4/h6-10,12-13H,5,11H2,1-4H3. The van der Waals surface area contributed by atoms with Crippen molar-refractivity contribution in [1.82, 2.24) is 4.90 Å². The lowest BCUT2D eigenvalue weighted by Gasteiger charge is -2.23. The Hall–Kier alpha value is -1.87. The van der Waals surface area contributed by atoms with Crippen molar-refractivity contribution in [2.45, 2.75) is 26.3 Å². The van der Waals surface area contributed by atoms with E-state index in [9.17, 15) is 4.79 Å². The molecule has 21 heavy (non-hydrogen) atoms. The molecule has 0 saturated heterocycles. The zero-order valence-corrected chi connectivity index (χ0v) is 13.2. The van der Waals surface area contributed by atoms with Crippen LogP contribution in [0.5, 0.6) is 0 Å². The zero-order valence-electron chi connectivity index (χ0n) is 13.2. The van der Waals surface area contributed by atoms with Crippen LogP contribution in [0.25, 0.3) is 10.8 Å². The fraction of sp³-hybridized carbons (Fsp3) is 0.389. The van der Waals surface area contributed by atoms with Crippen LogP contribution in [0.2, 0.25) is 0 Å². The van der Waals surface area contributed by atoms with E-state index in [0.717, 1.165) is 12.1 Å². The van der Waals surface area contributed by atoms with Crippen molar-refractivity contribution in [3.8, 4) is 0 Å². The van der Waals surface area contributed by atoms with Crippen LogP contribution < -0.4 is 0 Å². The van der Waals surface area contributed by atoms with Gasteiger partial charge in [0.05, 0.1) is 13.5 Å². The van der Waals surface area contributed by atoms with Gasteiger partial charge in [-0.3, -0.25) is 9.69 Å². The topological polar surface area (TPSA) is 29.5 Å². The molecule has 0 amide bonds. The van der Waals surface area contributed by atoms with Crippen molar-refractivity contribution in [2.75, 3.05) is 20.7 Å². The molecule has 3 heteroatoms. The highest BCUT2D eigenvalue weighted by molar-refractivity contribution is 5.85. The smallest absolute Gasteiger partial charge is 0.309 e. The second kappa shape index (κ2) is 6.72. The quantitative estimate of drug-likeness (QED) is 0.787. The number of hydrogen-bond acceptors (Lipinski definition) is 3. The van der Waals surface area contributed by atoms with E-state index < -0.39 is 0 Å². The second-order valence-corrected chi connectivity index (χ2v) is 5.44. The number of benzene rings is 2. The molecule has 0 heterocycles. The van der Waals surface area contributed by atoms with Gasteiger partial charge in [-0.2, -0.15) is 0 Å². The van der Waals surface area contributed by atoms with Crippen LogP contribution in [0.4, 0.5) is 0 Å². The summed E-state index contributed by atoms with van der Waals surface area (Å²) in [5, 5.41) is 2.36. The Kier molecular flexibility index (Phi) is 4.97. The van der Waals surface area contributed by atoms with E-state index in [2.05, 4.69) is 56.1 Å². The SMILES string of the molecule is CCN(C)C(C)c1ccc2ccc(CC(=O)OC)cc2c1. The van der Waals surface area contributed by atoms with Gasteiger partial charge in [0, 0.05) is 6.04 Å². The Balaban J connectivity index is 2.34. The van der Waals surface area contributed by atoms with Crippen LogP contribution in [0.15, 0.2) is 36.4 Å². The lowest BCUT2D eigenvalue weighted by molar-refractivity contribution is -0.139. The van der Waals surface area contributed by atoms with Crippen LogP contribution in [-0.2, 0) is 16.0 Å². The molecular weight excluding hydrogens is 262 g/mol. The van der Waals surface area contributed by atoms with E-state index in [4.69, 9.17) is 4.74 Å². The van der Waals surface area contributed by atoms with Crippen molar-refractivity contribution in [1.29, 1.82) is 0 Å². The molecule has 1 unspecified atom stereocenters. The zero-order chi connectivity index (χ0) is 15.4. The van der Waals surface area contributed by atoms with Crippen molar-refractivity contribution >= 4 is 16.7 Å². The first-order valence-electron chi connectivity index (χ1n) is 7.34. The summed E-state index contributed by atoms with van der Waals surface area (Å²) in [7, 11) is 3.55. The fourth-order valence-corrected chi connectivity index (χ4v) is 2.45. The third kappa shape index (κ3) is 3.61. The van der Waals surface area contributed by atoms with E-state index in [1.807, 2.05) is 6.07 Å². The molecule has 0 aliphatic rings. The average Bonchev–Trinajstić information content (AvgIpc) is 2.52. The van der Waals surface area contributed by atoms with Gasteiger partial charge < -0.3 is 4.74 Å². The lowest BCUT2D eigenvalue weighted by Crippen LogP contribution is -2.21. The molecular formula is C18H23NO2. The minimum atomic E-state index is -0.204. The molecule has 0 saturated carbocycles. The highest BCUT2D eigenvalue weighted by Gasteiger charge is 2.11. The van der Waals surface area contributed by atoms with E-state index in [1.165, 1.54) is 23.4 Å². The molecule has 0 spiro atoms. The van der Waals surface area contributed by atoms with Crippen LogP contribution in [-0.4, -0.2) is 31.6 Å². The molecule has 0 aliphatic carbocycles. The Bertz CT molecular complexity index is 636. The fourth-order valence-electron chi connectivity index (χ4n) is 2.45. The summed E-state index contributed by atoms with van der Waals surface area (Å²) in [5.41, 5.74) is 2.28. The number of carbonyl (C=O) groups is 1. The third-order valence-electron chi connectivity index (χ3n) is 4.15. The van der Waals surface area contributed by atoms with Crippen LogP contribution in [0.1, 0.15) is 31.0 Å². The largest absolute Gasteiger partial charge is 0.469 e. The Morgan fingerprint density at radius 3 is 2.57 bits per heavy atom. The molecule has 0 aliphatic heterocycles.